The number of aliphatic hydroxyl groups excluding tert-OH is 1. The molecule has 1 unspecified atom stereocenters. The minimum Gasteiger partial charge on any atom is -0.395 e. The van der Waals surface area contributed by atoms with Gasteiger partial charge in [-0.05, 0) is 0 Å². The van der Waals surface area contributed by atoms with Crippen LogP contribution in [-0.2, 0) is 0 Å². The molecule has 1 heterocycles. The molecule has 1 aliphatic heterocycles. The molecule has 0 fully saturated rings. The lowest BCUT2D eigenvalue weighted by molar-refractivity contribution is -0.569. The molecular weight excluding hydrogens is 162 g/mol. The lowest BCUT2D eigenvalue weighted by atomic mass is 10.2. The van der Waals surface area contributed by atoms with E-state index in [1.54, 1.807) is 0 Å². The standard InChI is InChI=1S/C6H11N3O3/c1-6(9(11)12)4-7-5-8(6)2-3-10/h4,10H,2-3,5H2,1H3. The van der Waals surface area contributed by atoms with Gasteiger partial charge < -0.3 is 5.11 Å². The fourth-order valence-electron chi connectivity index (χ4n) is 1.12. The molecule has 0 saturated heterocycles. The van der Waals surface area contributed by atoms with E-state index in [4.69, 9.17) is 5.11 Å². The number of aliphatic imine (C=N–C) groups is 1. The number of nitro groups is 1. The van der Waals surface area contributed by atoms with E-state index in [-0.39, 0.29) is 19.8 Å². The molecule has 6 nitrogen and oxygen atoms in total. The molecule has 1 N–H and O–H groups in total. The topological polar surface area (TPSA) is 79.0 Å². The van der Waals surface area contributed by atoms with Gasteiger partial charge in [-0.15, -0.1) is 0 Å². The average molecular weight is 173 g/mol. The molecule has 0 aromatic rings. The smallest absolute Gasteiger partial charge is 0.311 e. The fourth-order valence-corrected chi connectivity index (χ4v) is 1.12. The Morgan fingerprint density at radius 1 is 1.92 bits per heavy atom. The zero-order valence-corrected chi connectivity index (χ0v) is 6.80. The lowest BCUT2D eigenvalue weighted by Crippen LogP contribution is -2.51. The monoisotopic (exact) mass is 173 g/mol. The third-order valence-electron chi connectivity index (χ3n) is 1.97. The van der Waals surface area contributed by atoms with Crippen LogP contribution in [0.25, 0.3) is 0 Å². The normalized spacial score (nSPS) is 29.5. The van der Waals surface area contributed by atoms with Gasteiger partial charge in [-0.3, -0.25) is 15.1 Å². The largest absolute Gasteiger partial charge is 0.395 e. The summed E-state index contributed by atoms with van der Waals surface area (Å²) in [5.74, 6) is 0. The molecule has 68 valence electrons. The summed E-state index contributed by atoms with van der Waals surface area (Å²) in [7, 11) is 0. The summed E-state index contributed by atoms with van der Waals surface area (Å²) in [5.41, 5.74) is -1.23. The van der Waals surface area contributed by atoms with Crippen molar-refractivity contribution in [2.75, 3.05) is 19.8 Å². The van der Waals surface area contributed by atoms with E-state index in [1.807, 2.05) is 0 Å². The maximum Gasteiger partial charge on any atom is 0.311 e. The second-order valence-corrected chi connectivity index (χ2v) is 2.79. The first-order chi connectivity index (χ1) is 5.61. The molecule has 0 spiro atoms. The Bertz CT molecular complexity index is 218. The Balaban J connectivity index is 2.73. The van der Waals surface area contributed by atoms with Crippen LogP contribution < -0.4 is 0 Å². The van der Waals surface area contributed by atoms with Gasteiger partial charge in [-0.25, -0.2) is 4.90 Å². The lowest BCUT2D eigenvalue weighted by Gasteiger charge is -2.23. The molecule has 12 heavy (non-hydrogen) atoms. The number of nitrogens with zero attached hydrogens (tertiary/aromatic N) is 3. The van der Waals surface area contributed by atoms with Crippen LogP contribution in [0.2, 0.25) is 0 Å². The molecule has 1 atom stereocenters. The molecule has 1 aliphatic rings. The fraction of sp³-hybridized carbons (Fsp3) is 0.833. The summed E-state index contributed by atoms with van der Waals surface area (Å²) in [6, 6.07) is 0. The summed E-state index contributed by atoms with van der Waals surface area (Å²) >= 11 is 0. The van der Waals surface area contributed by atoms with Crippen LogP contribution in [0, 0.1) is 10.1 Å². The molecular formula is C6H11N3O3. The molecule has 0 saturated carbocycles. The zero-order valence-electron chi connectivity index (χ0n) is 6.80. The average Bonchev–Trinajstić information content (AvgIpc) is 2.35. The van der Waals surface area contributed by atoms with Crippen molar-refractivity contribution in [1.82, 2.24) is 4.90 Å². The Morgan fingerprint density at radius 3 is 3.08 bits per heavy atom. The van der Waals surface area contributed by atoms with Gasteiger partial charge in [0.2, 0.25) is 0 Å². The van der Waals surface area contributed by atoms with Crippen molar-refractivity contribution in [3.8, 4) is 0 Å². The van der Waals surface area contributed by atoms with E-state index in [9.17, 15) is 10.1 Å². The first-order valence-corrected chi connectivity index (χ1v) is 3.62. The summed E-state index contributed by atoms with van der Waals surface area (Å²) < 4.78 is 0. The second kappa shape index (κ2) is 3.16. The molecule has 0 aromatic carbocycles. The Kier molecular flexibility index (Phi) is 2.39. The van der Waals surface area contributed by atoms with Crippen LogP contribution in [-0.4, -0.2) is 46.6 Å². The Labute approximate surface area is 69.7 Å². The van der Waals surface area contributed by atoms with Crippen molar-refractivity contribution >= 4 is 6.21 Å². The number of rotatable bonds is 3. The first kappa shape index (κ1) is 9.08. The van der Waals surface area contributed by atoms with E-state index in [0.717, 1.165) is 0 Å². The molecule has 0 bridgehead atoms. The highest BCUT2D eigenvalue weighted by Crippen LogP contribution is 2.17. The first-order valence-electron chi connectivity index (χ1n) is 3.62. The Morgan fingerprint density at radius 2 is 2.58 bits per heavy atom. The summed E-state index contributed by atoms with van der Waals surface area (Å²) in [5, 5.41) is 19.2. The number of hydrogen-bond acceptors (Lipinski definition) is 5. The minimum atomic E-state index is -1.23. The summed E-state index contributed by atoms with van der Waals surface area (Å²) in [6.07, 6.45) is 1.31. The van der Waals surface area contributed by atoms with E-state index in [1.165, 1.54) is 18.0 Å². The maximum absolute atomic E-state index is 10.6. The van der Waals surface area contributed by atoms with Crippen molar-refractivity contribution in [1.29, 1.82) is 0 Å². The molecule has 1 rings (SSSR count). The zero-order chi connectivity index (χ0) is 9.19. The van der Waals surface area contributed by atoms with Crippen molar-refractivity contribution in [3.05, 3.63) is 10.1 Å². The van der Waals surface area contributed by atoms with Crippen molar-refractivity contribution < 1.29 is 10.0 Å². The molecule has 0 aromatic heterocycles. The maximum atomic E-state index is 10.6. The third kappa shape index (κ3) is 1.30. The van der Waals surface area contributed by atoms with Gasteiger partial charge in [0.05, 0.1) is 19.5 Å². The van der Waals surface area contributed by atoms with Crippen molar-refractivity contribution in [2.24, 2.45) is 4.99 Å². The van der Waals surface area contributed by atoms with Crippen LogP contribution >= 0.6 is 0 Å². The third-order valence-corrected chi connectivity index (χ3v) is 1.97. The van der Waals surface area contributed by atoms with Crippen LogP contribution in [0.3, 0.4) is 0 Å². The number of hydrogen-bond donors (Lipinski definition) is 1. The van der Waals surface area contributed by atoms with Crippen LogP contribution in [0.1, 0.15) is 6.92 Å². The van der Waals surface area contributed by atoms with E-state index in [2.05, 4.69) is 4.99 Å². The molecule has 0 radical (unpaired) electrons. The van der Waals surface area contributed by atoms with Gasteiger partial charge >= 0.3 is 5.66 Å². The van der Waals surface area contributed by atoms with E-state index >= 15 is 0 Å². The highest BCUT2D eigenvalue weighted by atomic mass is 16.6. The highest BCUT2D eigenvalue weighted by Gasteiger charge is 2.44. The number of aliphatic hydroxyl groups is 1. The van der Waals surface area contributed by atoms with E-state index < -0.39 is 10.6 Å². The van der Waals surface area contributed by atoms with Gasteiger partial charge in [0.1, 0.15) is 0 Å². The minimum absolute atomic E-state index is 0.0905. The van der Waals surface area contributed by atoms with Gasteiger partial charge in [0.15, 0.2) is 0 Å². The van der Waals surface area contributed by atoms with Crippen LogP contribution in [0.4, 0.5) is 0 Å². The quantitative estimate of drug-likeness (QED) is 0.452. The molecule has 6 heteroatoms. The number of β-amino-alcohol motifs (C(OH)–C–C–N with tert-alkyl or cyclic N) is 1. The van der Waals surface area contributed by atoms with Crippen molar-refractivity contribution in [2.45, 2.75) is 12.6 Å². The van der Waals surface area contributed by atoms with Gasteiger partial charge in [0, 0.05) is 18.4 Å². The molecule has 0 aliphatic carbocycles. The highest BCUT2D eigenvalue weighted by molar-refractivity contribution is 5.68. The second-order valence-electron chi connectivity index (χ2n) is 2.79. The van der Waals surface area contributed by atoms with E-state index in [0.29, 0.717) is 0 Å². The van der Waals surface area contributed by atoms with Gasteiger partial charge in [-0.2, -0.15) is 0 Å². The summed E-state index contributed by atoms with van der Waals surface area (Å²) in [6.45, 7) is 1.95. The SMILES string of the molecule is CC1([N+](=O)[O-])C=NCN1CCO. The van der Waals surface area contributed by atoms with Gasteiger partial charge in [0.25, 0.3) is 0 Å². The summed E-state index contributed by atoms with van der Waals surface area (Å²) in [4.78, 5) is 15.5. The van der Waals surface area contributed by atoms with Gasteiger partial charge in [-0.1, -0.05) is 0 Å². The predicted octanol–water partition coefficient (Wildman–Crippen LogP) is -0.684. The Hall–Kier alpha value is -1.01. The van der Waals surface area contributed by atoms with Crippen LogP contribution in [0.15, 0.2) is 4.99 Å². The predicted molar refractivity (Wildman–Crippen MR) is 42.6 cm³/mol. The van der Waals surface area contributed by atoms with Crippen molar-refractivity contribution in [3.63, 3.8) is 0 Å². The molecule has 0 amide bonds. The van der Waals surface area contributed by atoms with Crippen LogP contribution in [0.5, 0.6) is 0 Å².